The molecule has 0 spiro atoms. The molecule has 6 heteroatoms. The maximum Gasteiger partial charge on any atom is 0.333 e. The molecule has 0 aliphatic rings. The molecule has 0 rings (SSSR count). The highest BCUT2D eigenvalue weighted by Crippen LogP contribution is 2.40. The van der Waals surface area contributed by atoms with Crippen LogP contribution in [-0.2, 0) is 9.53 Å². The third-order valence-corrected chi connectivity index (χ3v) is 79.7. The van der Waals surface area contributed by atoms with Gasteiger partial charge in [-0.15, -0.1) is 0 Å². The van der Waals surface area contributed by atoms with Crippen LogP contribution in [0.5, 0.6) is 0 Å². The van der Waals surface area contributed by atoms with E-state index >= 15 is 0 Å². The van der Waals surface area contributed by atoms with Crippen molar-refractivity contribution in [1.82, 2.24) is 0 Å². The molecule has 130 valence electrons. The van der Waals surface area contributed by atoms with E-state index in [1.807, 2.05) is 0 Å². The van der Waals surface area contributed by atoms with Gasteiger partial charge < -0.3 is 4.74 Å². The summed E-state index contributed by atoms with van der Waals surface area (Å²) in [6.45, 7) is 28.1. The summed E-state index contributed by atoms with van der Waals surface area (Å²) in [7, 11) is -3.61. The van der Waals surface area contributed by atoms with Crippen LogP contribution in [0.25, 0.3) is 0 Å². The van der Waals surface area contributed by atoms with Gasteiger partial charge in [0.05, 0.1) is 6.61 Å². The van der Waals surface area contributed by atoms with E-state index in [0.717, 1.165) is 6.42 Å². The number of ether oxygens (including phenoxy) is 1. The lowest BCUT2D eigenvalue weighted by atomic mass is 10.4. The van der Waals surface area contributed by atoms with Gasteiger partial charge in [0.15, 0.2) is 0 Å². The maximum atomic E-state index is 11.6. The van der Waals surface area contributed by atoms with Crippen LogP contribution >= 0.6 is 0 Å². The van der Waals surface area contributed by atoms with E-state index in [4.69, 9.17) is 4.74 Å². The average Bonchev–Trinajstić information content (AvgIpc) is 2.22. The fourth-order valence-electron chi connectivity index (χ4n) is 5.13. The molecule has 0 saturated carbocycles. The second-order valence-electron chi connectivity index (χ2n) is 9.68. The molecule has 0 aliphatic heterocycles. The predicted molar refractivity (Wildman–Crippen MR) is 111 cm³/mol. The van der Waals surface area contributed by atoms with Gasteiger partial charge >= 0.3 is 5.97 Å². The third kappa shape index (κ3) is 4.79. The second-order valence-corrected chi connectivity index (χ2v) is 51.2. The van der Waals surface area contributed by atoms with Gasteiger partial charge in [0.1, 0.15) is 0 Å². The van der Waals surface area contributed by atoms with Crippen LogP contribution in [-0.4, -0.2) is 42.0 Å². The van der Waals surface area contributed by atoms with E-state index in [1.54, 1.807) is 6.92 Å². The molecule has 0 aliphatic carbocycles. The molecule has 0 radical (unpaired) electrons. The summed E-state index contributed by atoms with van der Waals surface area (Å²) >= 11 is 0. The number of hydrogen-bond acceptors (Lipinski definition) is 2. The van der Waals surface area contributed by atoms with E-state index in [2.05, 4.69) is 65.5 Å². The monoisotopic (exact) mass is 374 g/mol. The summed E-state index contributed by atoms with van der Waals surface area (Å²) in [6.07, 6.45) is 1.05. The summed E-state index contributed by atoms with van der Waals surface area (Å²) in [6, 6.07) is 1.36. The van der Waals surface area contributed by atoms with Crippen molar-refractivity contribution in [2.75, 3.05) is 6.61 Å². The Morgan fingerprint density at radius 1 is 0.864 bits per heavy atom. The Morgan fingerprint density at radius 3 is 1.50 bits per heavy atom. The Labute approximate surface area is 142 Å². The smallest absolute Gasteiger partial charge is 0.333 e. The number of rotatable bonds is 8. The SMILES string of the molecule is C=C(C)C(=O)OCCC[Si]([Si](C)(C)C)([Si](C)(C)C)[Si](C)(C)C. The minimum Gasteiger partial charge on any atom is -0.462 e. The van der Waals surface area contributed by atoms with Crippen molar-refractivity contribution in [3.05, 3.63) is 12.2 Å². The third-order valence-electron chi connectivity index (χ3n) is 5.12. The Kier molecular flexibility index (Phi) is 7.34. The van der Waals surface area contributed by atoms with Crippen LogP contribution in [0, 0.1) is 0 Å². The molecule has 0 fully saturated rings. The normalized spacial score (nSPS) is 13.9. The Balaban J connectivity index is 5.30. The largest absolute Gasteiger partial charge is 0.462 e. The zero-order valence-electron chi connectivity index (χ0n) is 16.6. The van der Waals surface area contributed by atoms with Gasteiger partial charge in [0.2, 0.25) is 0 Å². The molecule has 0 heterocycles. The minimum absolute atomic E-state index is 0.235. The zero-order chi connectivity index (χ0) is 18.0. The van der Waals surface area contributed by atoms with Crippen LogP contribution in [0.15, 0.2) is 12.2 Å². The van der Waals surface area contributed by atoms with Gasteiger partial charge in [0, 0.05) is 35.0 Å². The molecule has 0 aromatic heterocycles. The maximum absolute atomic E-state index is 11.6. The van der Waals surface area contributed by atoms with Crippen LogP contribution in [0.2, 0.25) is 65.0 Å². The average molecular weight is 375 g/mol. The fraction of sp³-hybridized carbons (Fsp3) is 0.812. The summed E-state index contributed by atoms with van der Waals surface area (Å²) in [5, 5.41) is 0. The highest BCUT2D eigenvalue weighted by molar-refractivity contribution is 7.89. The summed E-state index contributed by atoms with van der Waals surface area (Å²) in [5.41, 5.74) is 0.504. The van der Waals surface area contributed by atoms with Crippen molar-refractivity contribution in [2.24, 2.45) is 0 Å². The number of hydrogen-bond donors (Lipinski definition) is 0. The van der Waals surface area contributed by atoms with E-state index in [-0.39, 0.29) is 5.97 Å². The van der Waals surface area contributed by atoms with E-state index in [0.29, 0.717) is 12.2 Å². The van der Waals surface area contributed by atoms with Crippen molar-refractivity contribution >= 4 is 35.4 Å². The summed E-state index contributed by atoms with van der Waals surface area (Å²) in [5.74, 6) is -0.235. The lowest BCUT2D eigenvalue weighted by Crippen LogP contribution is -2.82. The topological polar surface area (TPSA) is 26.3 Å². The lowest BCUT2D eigenvalue weighted by Gasteiger charge is -2.58. The molecule has 22 heavy (non-hydrogen) atoms. The number of esters is 1. The molecular weight excluding hydrogens is 337 g/mol. The fourth-order valence-corrected chi connectivity index (χ4v) is 104. The molecule has 0 bridgehead atoms. The van der Waals surface area contributed by atoms with Crippen molar-refractivity contribution in [1.29, 1.82) is 0 Å². The van der Waals surface area contributed by atoms with Crippen LogP contribution < -0.4 is 0 Å². The quantitative estimate of drug-likeness (QED) is 0.253. The molecular formula is C16H38O2Si4. The standard InChI is InChI=1S/C16H38O2Si4/c1-15(2)16(17)18-13-12-14-22(19(3,4)5,20(6,7)8)21(9,10)11/h1,12-14H2,2-11H3. The Morgan fingerprint density at radius 2 is 1.23 bits per heavy atom. The molecule has 0 atom stereocenters. The highest BCUT2D eigenvalue weighted by atomic mass is 29.9. The van der Waals surface area contributed by atoms with E-state index < -0.39 is 29.4 Å². The van der Waals surface area contributed by atoms with Gasteiger partial charge in [0.25, 0.3) is 0 Å². The molecule has 0 unspecified atom stereocenters. The molecule has 0 aromatic rings. The van der Waals surface area contributed by atoms with Crippen LogP contribution in [0.3, 0.4) is 0 Å². The van der Waals surface area contributed by atoms with E-state index in [1.165, 1.54) is 6.04 Å². The molecule has 0 N–H and O–H groups in total. The molecule has 2 nitrogen and oxygen atoms in total. The lowest BCUT2D eigenvalue weighted by molar-refractivity contribution is -0.138. The first-order valence-electron chi connectivity index (χ1n) is 8.40. The van der Waals surface area contributed by atoms with Crippen LogP contribution in [0.4, 0.5) is 0 Å². The Hall–Kier alpha value is 0.0775. The summed E-state index contributed by atoms with van der Waals surface area (Å²) < 4.78 is 5.37. The number of carbonyl (C=O) groups is 1. The minimum atomic E-state index is -1.30. The van der Waals surface area contributed by atoms with E-state index in [9.17, 15) is 4.79 Å². The van der Waals surface area contributed by atoms with Gasteiger partial charge in [-0.2, -0.15) is 0 Å². The predicted octanol–water partition coefficient (Wildman–Crippen LogP) is 5.19. The van der Waals surface area contributed by atoms with Gasteiger partial charge in [-0.25, -0.2) is 4.79 Å². The first kappa shape index (κ1) is 22.1. The summed E-state index contributed by atoms with van der Waals surface area (Å²) in [4.78, 5) is 11.6. The number of carbonyl (C=O) groups excluding carboxylic acids is 1. The van der Waals surface area contributed by atoms with Gasteiger partial charge in [-0.3, -0.25) is 0 Å². The van der Waals surface area contributed by atoms with Gasteiger partial charge in [-0.05, 0) is 13.3 Å². The first-order chi connectivity index (χ1) is 9.58. The first-order valence-corrected chi connectivity index (χ1v) is 24.1. The van der Waals surface area contributed by atoms with Crippen LogP contribution in [0.1, 0.15) is 13.3 Å². The Bertz CT molecular complexity index is 375. The highest BCUT2D eigenvalue weighted by Gasteiger charge is 2.60. The molecule has 0 aromatic carbocycles. The zero-order valence-corrected chi connectivity index (χ0v) is 20.6. The molecule has 0 amide bonds. The van der Waals surface area contributed by atoms with Gasteiger partial charge in [-0.1, -0.05) is 71.5 Å². The van der Waals surface area contributed by atoms with Crippen molar-refractivity contribution in [2.45, 2.75) is 78.3 Å². The van der Waals surface area contributed by atoms with Crippen molar-refractivity contribution in [3.8, 4) is 0 Å². The second kappa shape index (κ2) is 7.32. The van der Waals surface area contributed by atoms with Crippen molar-refractivity contribution in [3.63, 3.8) is 0 Å². The van der Waals surface area contributed by atoms with Crippen molar-refractivity contribution < 1.29 is 9.53 Å². The molecule has 0 saturated heterocycles.